The van der Waals surface area contributed by atoms with Crippen LogP contribution in [0.4, 0.5) is 0 Å². The number of amides is 1. The molecule has 0 radical (unpaired) electrons. The Balaban J connectivity index is 2.32. The van der Waals surface area contributed by atoms with Crippen molar-refractivity contribution in [3.8, 4) is 0 Å². The summed E-state index contributed by atoms with van der Waals surface area (Å²) in [6.45, 7) is 2.25. The van der Waals surface area contributed by atoms with E-state index < -0.39 is 18.2 Å². The molecule has 1 rings (SSSR count). The zero-order valence-electron chi connectivity index (χ0n) is 6.03. The first-order chi connectivity index (χ1) is 5.16. The molecule has 0 aromatic heterocycles. The van der Waals surface area contributed by atoms with Crippen LogP contribution in [0, 0.1) is 0 Å². The van der Waals surface area contributed by atoms with E-state index in [0.29, 0.717) is 6.54 Å². The second kappa shape index (κ2) is 2.87. The van der Waals surface area contributed by atoms with Crippen LogP contribution in [0.25, 0.3) is 0 Å². The molecule has 1 amide bonds. The summed E-state index contributed by atoms with van der Waals surface area (Å²) in [5.74, 6) is -1.43. The molecule has 62 valence electrons. The van der Waals surface area contributed by atoms with Gasteiger partial charge in [-0.3, -0.25) is 4.79 Å². The van der Waals surface area contributed by atoms with Crippen LogP contribution in [0.3, 0.4) is 0 Å². The maximum Gasteiger partial charge on any atom is 0.336 e. The van der Waals surface area contributed by atoms with Gasteiger partial charge in [-0.2, -0.15) is 0 Å². The predicted octanol–water partition coefficient (Wildman–Crippen LogP) is -1.03. The quantitative estimate of drug-likeness (QED) is 0.516. The van der Waals surface area contributed by atoms with Crippen LogP contribution >= 0.6 is 0 Å². The maximum absolute atomic E-state index is 10.8. The lowest BCUT2D eigenvalue weighted by Crippen LogP contribution is -2.29. The molecule has 1 aliphatic heterocycles. The first kappa shape index (κ1) is 8.00. The van der Waals surface area contributed by atoms with Crippen LogP contribution in [0.5, 0.6) is 0 Å². The second-order valence-corrected chi connectivity index (χ2v) is 2.21. The minimum atomic E-state index is -1.08. The van der Waals surface area contributed by atoms with Crippen molar-refractivity contribution in [1.29, 1.82) is 0 Å². The van der Waals surface area contributed by atoms with Gasteiger partial charge in [-0.1, -0.05) is 0 Å². The number of carboxylic acids is 1. The third-order valence-corrected chi connectivity index (χ3v) is 1.34. The van der Waals surface area contributed by atoms with Crippen LogP contribution in [-0.4, -0.2) is 35.7 Å². The van der Waals surface area contributed by atoms with Crippen molar-refractivity contribution in [2.24, 2.45) is 0 Å². The zero-order valence-corrected chi connectivity index (χ0v) is 6.03. The molecule has 0 aromatic carbocycles. The highest BCUT2D eigenvalue weighted by atomic mass is 16.6. The summed E-state index contributed by atoms with van der Waals surface area (Å²) < 4.78 is 4.58. The first-order valence-electron chi connectivity index (χ1n) is 3.32. The molecule has 1 fully saturated rings. The molecular formula is C6H9NO4. The van der Waals surface area contributed by atoms with E-state index in [1.54, 1.807) is 6.92 Å². The van der Waals surface area contributed by atoms with Gasteiger partial charge < -0.3 is 15.2 Å². The summed E-state index contributed by atoms with van der Waals surface area (Å²) in [5, 5.41) is 10.8. The predicted molar refractivity (Wildman–Crippen MR) is 35.0 cm³/mol. The fourth-order valence-electron chi connectivity index (χ4n) is 0.774. The average Bonchev–Trinajstić information content (AvgIpc) is 2.65. The largest absolute Gasteiger partial charge is 0.479 e. The molecule has 2 unspecified atom stereocenters. The van der Waals surface area contributed by atoms with Crippen molar-refractivity contribution in [2.75, 3.05) is 6.54 Å². The number of likely N-dealkylation sites (N-methyl/N-ethyl adjacent to an activating group) is 1. The van der Waals surface area contributed by atoms with Crippen LogP contribution in [0.1, 0.15) is 6.92 Å². The Labute approximate surface area is 63.3 Å². The van der Waals surface area contributed by atoms with E-state index in [9.17, 15) is 9.59 Å². The van der Waals surface area contributed by atoms with Gasteiger partial charge in [0, 0.05) is 6.54 Å². The highest BCUT2D eigenvalue weighted by Crippen LogP contribution is 2.21. The lowest BCUT2D eigenvalue weighted by Gasteiger charge is -1.94. The maximum atomic E-state index is 10.8. The van der Waals surface area contributed by atoms with E-state index in [2.05, 4.69) is 10.1 Å². The normalized spacial score (nSPS) is 27.7. The van der Waals surface area contributed by atoms with Crippen molar-refractivity contribution in [2.45, 2.75) is 19.1 Å². The SMILES string of the molecule is CCNC(=O)C1OC1C(=O)O. The molecule has 0 spiro atoms. The Morgan fingerprint density at radius 1 is 1.55 bits per heavy atom. The third-order valence-electron chi connectivity index (χ3n) is 1.34. The van der Waals surface area contributed by atoms with Gasteiger partial charge in [0.1, 0.15) is 0 Å². The van der Waals surface area contributed by atoms with E-state index >= 15 is 0 Å². The molecular weight excluding hydrogens is 150 g/mol. The summed E-state index contributed by atoms with van der Waals surface area (Å²) in [6.07, 6.45) is -1.70. The molecule has 2 N–H and O–H groups in total. The Morgan fingerprint density at radius 2 is 2.18 bits per heavy atom. The van der Waals surface area contributed by atoms with Gasteiger partial charge in [0.15, 0.2) is 12.2 Å². The number of carbonyl (C=O) groups is 2. The number of epoxide rings is 1. The highest BCUT2D eigenvalue weighted by Gasteiger charge is 2.50. The summed E-state index contributed by atoms with van der Waals surface area (Å²) in [5.41, 5.74) is 0. The van der Waals surface area contributed by atoms with Crippen LogP contribution in [0.2, 0.25) is 0 Å². The molecule has 1 aliphatic rings. The first-order valence-corrected chi connectivity index (χ1v) is 3.32. The Morgan fingerprint density at radius 3 is 2.55 bits per heavy atom. The molecule has 0 aromatic rings. The molecule has 5 nitrogen and oxygen atoms in total. The fraction of sp³-hybridized carbons (Fsp3) is 0.667. The smallest absolute Gasteiger partial charge is 0.336 e. The van der Waals surface area contributed by atoms with Gasteiger partial charge in [-0.05, 0) is 6.92 Å². The molecule has 0 saturated carbocycles. The van der Waals surface area contributed by atoms with Crippen LogP contribution in [-0.2, 0) is 14.3 Å². The van der Waals surface area contributed by atoms with E-state index in [0.717, 1.165) is 0 Å². The summed E-state index contributed by atoms with van der Waals surface area (Å²) >= 11 is 0. The van der Waals surface area contributed by atoms with Gasteiger partial charge >= 0.3 is 5.97 Å². The fourth-order valence-corrected chi connectivity index (χ4v) is 0.774. The van der Waals surface area contributed by atoms with E-state index in [4.69, 9.17) is 5.11 Å². The standard InChI is InChI=1S/C6H9NO4/c1-2-7-5(8)3-4(11-3)6(9)10/h3-4H,2H2,1H3,(H,7,8)(H,9,10). The molecule has 1 heterocycles. The summed E-state index contributed by atoms with van der Waals surface area (Å²) in [7, 11) is 0. The van der Waals surface area contributed by atoms with E-state index in [1.807, 2.05) is 0 Å². The number of hydrogen-bond acceptors (Lipinski definition) is 3. The van der Waals surface area contributed by atoms with Gasteiger partial charge in [-0.25, -0.2) is 4.79 Å². The minimum Gasteiger partial charge on any atom is -0.479 e. The third kappa shape index (κ3) is 1.68. The monoisotopic (exact) mass is 159 g/mol. The summed E-state index contributed by atoms with van der Waals surface area (Å²) in [4.78, 5) is 21.0. The summed E-state index contributed by atoms with van der Waals surface area (Å²) in [6, 6.07) is 0. The zero-order chi connectivity index (χ0) is 8.43. The Hall–Kier alpha value is -1.10. The molecule has 2 atom stereocenters. The number of hydrogen-bond donors (Lipinski definition) is 2. The highest BCUT2D eigenvalue weighted by molar-refractivity contribution is 5.91. The van der Waals surface area contributed by atoms with E-state index in [1.165, 1.54) is 0 Å². The van der Waals surface area contributed by atoms with Crippen molar-refractivity contribution in [3.05, 3.63) is 0 Å². The molecule has 1 saturated heterocycles. The lowest BCUT2D eigenvalue weighted by atomic mass is 10.3. The minimum absolute atomic E-state index is 0.347. The molecule has 0 aliphatic carbocycles. The number of aliphatic carboxylic acids is 1. The number of carbonyl (C=O) groups excluding carboxylic acids is 1. The topological polar surface area (TPSA) is 78.9 Å². The lowest BCUT2D eigenvalue weighted by molar-refractivity contribution is -0.138. The molecule has 11 heavy (non-hydrogen) atoms. The second-order valence-electron chi connectivity index (χ2n) is 2.21. The van der Waals surface area contributed by atoms with Crippen molar-refractivity contribution in [3.63, 3.8) is 0 Å². The Kier molecular flexibility index (Phi) is 2.09. The van der Waals surface area contributed by atoms with Gasteiger partial charge in [0.2, 0.25) is 0 Å². The Bertz CT molecular complexity index is 191. The number of rotatable bonds is 3. The number of carboxylic acid groups (broad SMARTS) is 1. The van der Waals surface area contributed by atoms with Gasteiger partial charge in [0.25, 0.3) is 5.91 Å². The molecule has 0 bridgehead atoms. The van der Waals surface area contributed by atoms with Crippen LogP contribution in [0.15, 0.2) is 0 Å². The average molecular weight is 159 g/mol. The molecule has 5 heteroatoms. The van der Waals surface area contributed by atoms with Gasteiger partial charge in [0.05, 0.1) is 0 Å². The number of ether oxygens (including phenoxy) is 1. The van der Waals surface area contributed by atoms with E-state index in [-0.39, 0.29) is 5.91 Å². The van der Waals surface area contributed by atoms with Crippen molar-refractivity contribution >= 4 is 11.9 Å². The van der Waals surface area contributed by atoms with Crippen LogP contribution < -0.4 is 5.32 Å². The van der Waals surface area contributed by atoms with Crippen molar-refractivity contribution < 1.29 is 19.4 Å². The number of nitrogens with one attached hydrogen (secondary N) is 1. The van der Waals surface area contributed by atoms with Gasteiger partial charge in [-0.15, -0.1) is 0 Å². The van der Waals surface area contributed by atoms with Crippen molar-refractivity contribution in [1.82, 2.24) is 5.32 Å².